The molecule has 0 fully saturated rings. The second kappa shape index (κ2) is 2.69. The zero-order valence-corrected chi connectivity index (χ0v) is 8.87. The van der Waals surface area contributed by atoms with Crippen LogP contribution in [0.1, 0.15) is 28.0 Å². The fourth-order valence-electron chi connectivity index (χ4n) is 2.38. The largest absolute Gasteiger partial charge is 0.294 e. The van der Waals surface area contributed by atoms with Crippen LogP contribution in [-0.4, -0.2) is 15.6 Å². The number of ketones is 1. The maximum atomic E-state index is 11.8. The van der Waals surface area contributed by atoms with E-state index in [4.69, 9.17) is 0 Å². The normalized spacial score (nSPS) is 14.9. The van der Waals surface area contributed by atoms with Crippen molar-refractivity contribution in [1.82, 2.24) is 9.78 Å². The third-order valence-corrected chi connectivity index (χ3v) is 3.27. The molecular formula is C12H12N2O. The van der Waals surface area contributed by atoms with Gasteiger partial charge in [-0.2, -0.15) is 5.10 Å². The van der Waals surface area contributed by atoms with Gasteiger partial charge < -0.3 is 0 Å². The molecule has 0 N–H and O–H groups in total. The van der Waals surface area contributed by atoms with Gasteiger partial charge in [0.1, 0.15) is 0 Å². The molecule has 3 heteroatoms. The molecule has 0 aliphatic heterocycles. The van der Waals surface area contributed by atoms with Gasteiger partial charge in [-0.3, -0.25) is 9.48 Å². The van der Waals surface area contributed by atoms with Gasteiger partial charge in [-0.05, 0) is 25.0 Å². The summed E-state index contributed by atoms with van der Waals surface area (Å²) in [6.45, 7) is 2.02. The van der Waals surface area contributed by atoms with E-state index in [9.17, 15) is 4.79 Å². The minimum absolute atomic E-state index is 0.270. The Morgan fingerprint density at radius 3 is 2.93 bits per heavy atom. The van der Waals surface area contributed by atoms with Crippen LogP contribution in [0.15, 0.2) is 12.1 Å². The van der Waals surface area contributed by atoms with E-state index in [1.807, 2.05) is 30.8 Å². The minimum Gasteiger partial charge on any atom is -0.294 e. The van der Waals surface area contributed by atoms with Crippen molar-refractivity contribution in [3.05, 3.63) is 29.0 Å². The molecule has 0 spiro atoms. The summed E-state index contributed by atoms with van der Waals surface area (Å²) in [4.78, 5) is 11.8. The Hall–Kier alpha value is -1.64. The molecule has 1 aliphatic carbocycles. The van der Waals surface area contributed by atoms with Crippen LogP contribution in [0.25, 0.3) is 10.9 Å². The summed E-state index contributed by atoms with van der Waals surface area (Å²) in [5.41, 5.74) is 4.11. The molecule has 2 aromatic rings. The number of carbonyl (C=O) groups is 1. The highest BCUT2D eigenvalue weighted by atomic mass is 16.1. The number of Topliss-reactive ketones (excluding diaryl/α,β-unsaturated/α-hetero) is 1. The average molecular weight is 200 g/mol. The predicted molar refractivity (Wildman–Crippen MR) is 58.1 cm³/mol. The molecule has 0 atom stereocenters. The molecule has 0 bridgehead atoms. The summed E-state index contributed by atoms with van der Waals surface area (Å²) in [5, 5.41) is 5.44. The number of hydrogen-bond donors (Lipinski definition) is 0. The van der Waals surface area contributed by atoms with E-state index in [0.717, 1.165) is 28.6 Å². The van der Waals surface area contributed by atoms with Gasteiger partial charge in [0.2, 0.25) is 0 Å². The van der Waals surface area contributed by atoms with Crippen molar-refractivity contribution >= 4 is 16.7 Å². The van der Waals surface area contributed by atoms with Gasteiger partial charge >= 0.3 is 0 Å². The summed E-state index contributed by atoms with van der Waals surface area (Å²) in [6.07, 6.45) is 1.54. The molecule has 76 valence electrons. The first-order valence-electron chi connectivity index (χ1n) is 5.17. The third kappa shape index (κ3) is 1.00. The number of carbonyl (C=O) groups excluding carboxylic acids is 1. The Kier molecular flexibility index (Phi) is 1.55. The zero-order chi connectivity index (χ0) is 10.6. The van der Waals surface area contributed by atoms with Crippen LogP contribution in [0.5, 0.6) is 0 Å². The summed E-state index contributed by atoms with van der Waals surface area (Å²) < 4.78 is 1.84. The van der Waals surface area contributed by atoms with E-state index in [-0.39, 0.29) is 5.78 Å². The SMILES string of the molecule is Cc1c2c3c(ccc2nn1C)CCC3=O. The Labute approximate surface area is 87.7 Å². The summed E-state index contributed by atoms with van der Waals surface area (Å²) >= 11 is 0. The van der Waals surface area contributed by atoms with E-state index >= 15 is 0 Å². The molecule has 1 aliphatic rings. The van der Waals surface area contributed by atoms with E-state index in [1.165, 1.54) is 5.56 Å². The lowest BCUT2D eigenvalue weighted by Gasteiger charge is -1.99. The van der Waals surface area contributed by atoms with Crippen molar-refractivity contribution in [2.45, 2.75) is 19.8 Å². The van der Waals surface area contributed by atoms with Gasteiger partial charge in [0.05, 0.1) is 5.52 Å². The maximum Gasteiger partial charge on any atom is 0.164 e. The number of benzene rings is 1. The smallest absolute Gasteiger partial charge is 0.164 e. The fraction of sp³-hybridized carbons (Fsp3) is 0.333. The highest BCUT2D eigenvalue weighted by Crippen LogP contribution is 2.31. The first-order chi connectivity index (χ1) is 7.18. The summed E-state index contributed by atoms with van der Waals surface area (Å²) in [5.74, 6) is 0.270. The quantitative estimate of drug-likeness (QED) is 0.652. The molecule has 0 saturated carbocycles. The average Bonchev–Trinajstić information content (AvgIpc) is 2.71. The van der Waals surface area contributed by atoms with Crippen LogP contribution in [-0.2, 0) is 13.5 Å². The molecule has 3 rings (SSSR count). The highest BCUT2D eigenvalue weighted by molar-refractivity contribution is 6.11. The standard InChI is InChI=1S/C12H12N2O/c1-7-11-9(13-14(7)2)5-3-8-4-6-10(15)12(8)11/h3,5H,4,6H2,1-2H3. The Bertz CT molecular complexity index is 581. The first kappa shape index (κ1) is 8.65. The number of rotatable bonds is 0. The van der Waals surface area contributed by atoms with E-state index in [0.29, 0.717) is 6.42 Å². The molecule has 15 heavy (non-hydrogen) atoms. The molecule has 1 aromatic heterocycles. The van der Waals surface area contributed by atoms with Crippen LogP contribution in [0.2, 0.25) is 0 Å². The van der Waals surface area contributed by atoms with E-state index in [1.54, 1.807) is 0 Å². The van der Waals surface area contributed by atoms with E-state index < -0.39 is 0 Å². The zero-order valence-electron chi connectivity index (χ0n) is 8.87. The second-order valence-electron chi connectivity index (χ2n) is 4.13. The Morgan fingerprint density at radius 2 is 2.13 bits per heavy atom. The molecule has 0 radical (unpaired) electrons. The van der Waals surface area contributed by atoms with Gasteiger partial charge in [0.15, 0.2) is 5.78 Å². The number of aryl methyl sites for hydroxylation is 3. The maximum absolute atomic E-state index is 11.8. The van der Waals surface area contributed by atoms with Crippen molar-refractivity contribution < 1.29 is 4.79 Å². The van der Waals surface area contributed by atoms with Crippen LogP contribution >= 0.6 is 0 Å². The van der Waals surface area contributed by atoms with Crippen molar-refractivity contribution in [3.8, 4) is 0 Å². The lowest BCUT2D eigenvalue weighted by Crippen LogP contribution is -1.95. The monoisotopic (exact) mass is 200 g/mol. The fourth-order valence-corrected chi connectivity index (χ4v) is 2.38. The third-order valence-electron chi connectivity index (χ3n) is 3.27. The molecule has 0 saturated heterocycles. The molecule has 0 amide bonds. The van der Waals surface area contributed by atoms with Crippen molar-refractivity contribution in [3.63, 3.8) is 0 Å². The van der Waals surface area contributed by atoms with Crippen molar-refractivity contribution in [2.75, 3.05) is 0 Å². The van der Waals surface area contributed by atoms with Gasteiger partial charge in [0.25, 0.3) is 0 Å². The first-order valence-corrected chi connectivity index (χ1v) is 5.17. The van der Waals surface area contributed by atoms with Gasteiger partial charge in [0, 0.05) is 30.1 Å². The number of aromatic nitrogens is 2. The number of nitrogens with zero attached hydrogens (tertiary/aromatic N) is 2. The summed E-state index contributed by atoms with van der Waals surface area (Å²) in [6, 6.07) is 4.05. The molecule has 1 heterocycles. The molecule has 3 nitrogen and oxygen atoms in total. The molecule has 1 aromatic carbocycles. The van der Waals surface area contributed by atoms with Gasteiger partial charge in [-0.25, -0.2) is 0 Å². The van der Waals surface area contributed by atoms with Crippen LogP contribution < -0.4 is 0 Å². The molecular weight excluding hydrogens is 188 g/mol. The predicted octanol–water partition coefficient (Wildman–Crippen LogP) is 2.01. The minimum atomic E-state index is 0.270. The van der Waals surface area contributed by atoms with Crippen LogP contribution in [0.3, 0.4) is 0 Å². The van der Waals surface area contributed by atoms with Gasteiger partial charge in [-0.15, -0.1) is 0 Å². The number of hydrogen-bond acceptors (Lipinski definition) is 2. The van der Waals surface area contributed by atoms with E-state index in [2.05, 4.69) is 5.10 Å². The van der Waals surface area contributed by atoms with Gasteiger partial charge in [-0.1, -0.05) is 6.07 Å². The van der Waals surface area contributed by atoms with Crippen LogP contribution in [0.4, 0.5) is 0 Å². The summed E-state index contributed by atoms with van der Waals surface area (Å²) in [7, 11) is 1.92. The number of fused-ring (bicyclic) bond motifs is 3. The lowest BCUT2D eigenvalue weighted by atomic mass is 10.0. The second-order valence-corrected chi connectivity index (χ2v) is 4.13. The van der Waals surface area contributed by atoms with Crippen molar-refractivity contribution in [2.24, 2.45) is 7.05 Å². The highest BCUT2D eigenvalue weighted by Gasteiger charge is 2.24. The Balaban J connectivity index is 2.51. The van der Waals surface area contributed by atoms with Crippen LogP contribution in [0, 0.1) is 6.92 Å². The molecule has 0 unspecified atom stereocenters. The lowest BCUT2D eigenvalue weighted by molar-refractivity contribution is 0.0996. The van der Waals surface area contributed by atoms with Crippen molar-refractivity contribution in [1.29, 1.82) is 0 Å². The Morgan fingerprint density at radius 1 is 1.33 bits per heavy atom. The topological polar surface area (TPSA) is 34.9 Å².